The average molecular weight is 304 g/mol. The van der Waals surface area contributed by atoms with Crippen LogP contribution >= 0.6 is 0 Å². The number of rotatable bonds is 4. The summed E-state index contributed by atoms with van der Waals surface area (Å²) in [5.41, 5.74) is -0.0973. The lowest BCUT2D eigenvalue weighted by Crippen LogP contribution is -2.49. The van der Waals surface area contributed by atoms with E-state index in [-0.39, 0.29) is 5.54 Å². The minimum atomic E-state index is -0.0973. The molecule has 6 heteroatoms. The molecular weight excluding hydrogens is 276 g/mol. The Balaban J connectivity index is 1.32. The third kappa shape index (κ3) is 2.78. The fourth-order valence-electron chi connectivity index (χ4n) is 4.18. The normalized spacial score (nSPS) is 32.6. The summed E-state index contributed by atoms with van der Waals surface area (Å²) in [4.78, 5) is 4.55. The molecule has 0 spiro atoms. The highest BCUT2D eigenvalue weighted by atomic mass is 15.6. The van der Waals surface area contributed by atoms with Gasteiger partial charge in [-0.05, 0) is 64.5 Å². The van der Waals surface area contributed by atoms with E-state index < -0.39 is 0 Å². The van der Waals surface area contributed by atoms with Crippen molar-refractivity contribution in [3.8, 4) is 0 Å². The van der Waals surface area contributed by atoms with Gasteiger partial charge in [0.05, 0.1) is 12.1 Å². The molecule has 22 heavy (non-hydrogen) atoms. The molecule has 1 N–H and O–H groups in total. The zero-order valence-corrected chi connectivity index (χ0v) is 14.0. The van der Waals surface area contributed by atoms with Crippen LogP contribution in [0.5, 0.6) is 0 Å². The minimum absolute atomic E-state index is 0.0973. The number of hydrogen-bond acceptors (Lipinski definition) is 5. The molecular formula is C16H28N6. The van der Waals surface area contributed by atoms with Gasteiger partial charge in [0.2, 0.25) is 0 Å². The molecule has 1 saturated carbocycles. The molecule has 122 valence electrons. The first-order chi connectivity index (χ1) is 10.5. The number of fused-ring (bicyclic) bond motifs is 2. The molecule has 0 aromatic carbocycles. The van der Waals surface area contributed by atoms with Gasteiger partial charge in [-0.3, -0.25) is 4.90 Å². The average Bonchev–Trinajstić information content (AvgIpc) is 3.11. The van der Waals surface area contributed by atoms with E-state index >= 15 is 0 Å². The number of piperidine rings is 1. The van der Waals surface area contributed by atoms with Crippen molar-refractivity contribution in [2.45, 2.75) is 95.5 Å². The second-order valence-corrected chi connectivity index (χ2v) is 8.28. The molecule has 3 fully saturated rings. The van der Waals surface area contributed by atoms with Crippen LogP contribution < -0.4 is 5.32 Å². The lowest BCUT2D eigenvalue weighted by molar-refractivity contribution is 0.108. The van der Waals surface area contributed by atoms with Crippen LogP contribution in [0.4, 0.5) is 0 Å². The Hall–Kier alpha value is -1.01. The molecule has 4 rings (SSSR count). The number of nitrogens with zero attached hydrogens (tertiary/aromatic N) is 5. The van der Waals surface area contributed by atoms with E-state index in [0.717, 1.165) is 30.5 Å². The zero-order valence-electron chi connectivity index (χ0n) is 14.0. The van der Waals surface area contributed by atoms with Gasteiger partial charge in [0, 0.05) is 24.2 Å². The van der Waals surface area contributed by atoms with Crippen molar-refractivity contribution in [3.63, 3.8) is 0 Å². The standard InChI is InChI=1S/C16H28N6/c1-16(2,3)22-19-15(18-20-22)10-17-11-8-13-6-7-14(9-11)21(13)12-4-5-12/h11-14,17H,4-10H2,1-3H3. The number of nitrogens with one attached hydrogen (secondary N) is 1. The lowest BCUT2D eigenvalue weighted by atomic mass is 9.97. The van der Waals surface area contributed by atoms with Crippen LogP contribution in [0.15, 0.2) is 0 Å². The van der Waals surface area contributed by atoms with Crippen molar-refractivity contribution < 1.29 is 0 Å². The maximum Gasteiger partial charge on any atom is 0.188 e. The second-order valence-electron chi connectivity index (χ2n) is 8.28. The molecule has 2 aliphatic heterocycles. The van der Waals surface area contributed by atoms with Gasteiger partial charge in [0.25, 0.3) is 0 Å². The molecule has 1 aromatic rings. The predicted molar refractivity (Wildman–Crippen MR) is 84.3 cm³/mol. The van der Waals surface area contributed by atoms with E-state index in [0.29, 0.717) is 6.04 Å². The smallest absolute Gasteiger partial charge is 0.188 e. The Bertz CT molecular complexity index is 515. The van der Waals surface area contributed by atoms with E-state index in [1.165, 1.54) is 38.5 Å². The van der Waals surface area contributed by atoms with Crippen molar-refractivity contribution in [1.82, 2.24) is 30.4 Å². The first-order valence-electron chi connectivity index (χ1n) is 8.81. The van der Waals surface area contributed by atoms with Crippen LogP contribution in [0.2, 0.25) is 0 Å². The second kappa shape index (κ2) is 5.27. The first-order valence-corrected chi connectivity index (χ1v) is 8.81. The summed E-state index contributed by atoms with van der Waals surface area (Å²) in [6.07, 6.45) is 8.26. The first kappa shape index (κ1) is 14.6. The number of aromatic nitrogens is 4. The summed E-state index contributed by atoms with van der Waals surface area (Å²) < 4.78 is 0. The van der Waals surface area contributed by atoms with E-state index in [2.05, 4.69) is 46.4 Å². The van der Waals surface area contributed by atoms with Gasteiger partial charge in [0.15, 0.2) is 5.82 Å². The third-order valence-electron chi connectivity index (χ3n) is 5.36. The van der Waals surface area contributed by atoms with Crippen LogP contribution in [0.25, 0.3) is 0 Å². The zero-order chi connectivity index (χ0) is 15.3. The highest BCUT2D eigenvalue weighted by molar-refractivity contribution is 5.03. The minimum Gasteiger partial charge on any atom is -0.307 e. The molecule has 2 bridgehead atoms. The van der Waals surface area contributed by atoms with Crippen molar-refractivity contribution in [2.24, 2.45) is 0 Å². The Morgan fingerprint density at radius 1 is 1.05 bits per heavy atom. The SMILES string of the molecule is CC(C)(C)n1nnc(CNC2CC3CCC(C2)N3C2CC2)n1. The molecule has 2 unspecified atom stereocenters. The summed E-state index contributed by atoms with van der Waals surface area (Å²) in [7, 11) is 0. The van der Waals surface area contributed by atoms with E-state index in [1.807, 2.05) is 0 Å². The Morgan fingerprint density at radius 2 is 1.68 bits per heavy atom. The van der Waals surface area contributed by atoms with Gasteiger partial charge in [-0.2, -0.15) is 4.80 Å². The molecule has 3 aliphatic rings. The van der Waals surface area contributed by atoms with E-state index in [4.69, 9.17) is 0 Å². The van der Waals surface area contributed by atoms with Crippen LogP contribution in [-0.4, -0.2) is 49.3 Å². The molecule has 2 atom stereocenters. The summed E-state index contributed by atoms with van der Waals surface area (Å²) >= 11 is 0. The van der Waals surface area contributed by atoms with Gasteiger partial charge in [-0.1, -0.05) is 0 Å². The quantitative estimate of drug-likeness (QED) is 0.917. The molecule has 2 saturated heterocycles. The monoisotopic (exact) mass is 304 g/mol. The molecule has 1 aliphatic carbocycles. The predicted octanol–water partition coefficient (Wildman–Crippen LogP) is 1.68. The largest absolute Gasteiger partial charge is 0.307 e. The maximum absolute atomic E-state index is 4.49. The third-order valence-corrected chi connectivity index (χ3v) is 5.36. The highest BCUT2D eigenvalue weighted by Gasteiger charge is 2.46. The van der Waals surface area contributed by atoms with Gasteiger partial charge in [-0.25, -0.2) is 0 Å². The van der Waals surface area contributed by atoms with Gasteiger partial charge in [-0.15, -0.1) is 10.2 Å². The maximum atomic E-state index is 4.49. The Labute approximate surface area is 132 Å². The van der Waals surface area contributed by atoms with Crippen molar-refractivity contribution in [1.29, 1.82) is 0 Å². The summed E-state index contributed by atoms with van der Waals surface area (Å²) in [5, 5.41) is 16.5. The Morgan fingerprint density at radius 3 is 2.23 bits per heavy atom. The van der Waals surface area contributed by atoms with Crippen LogP contribution in [-0.2, 0) is 12.1 Å². The summed E-state index contributed by atoms with van der Waals surface area (Å²) in [6, 6.07) is 3.19. The molecule has 6 nitrogen and oxygen atoms in total. The lowest BCUT2D eigenvalue weighted by Gasteiger charge is -2.39. The number of hydrogen-bond donors (Lipinski definition) is 1. The van der Waals surface area contributed by atoms with Gasteiger partial charge < -0.3 is 5.32 Å². The molecule has 3 heterocycles. The Kier molecular flexibility index (Phi) is 3.49. The van der Waals surface area contributed by atoms with Gasteiger partial charge >= 0.3 is 0 Å². The van der Waals surface area contributed by atoms with Crippen LogP contribution in [0.3, 0.4) is 0 Å². The highest BCUT2D eigenvalue weighted by Crippen LogP contribution is 2.43. The molecule has 0 radical (unpaired) electrons. The van der Waals surface area contributed by atoms with Crippen molar-refractivity contribution >= 4 is 0 Å². The summed E-state index contributed by atoms with van der Waals surface area (Å²) in [5.74, 6) is 0.812. The van der Waals surface area contributed by atoms with E-state index in [1.54, 1.807) is 4.80 Å². The number of tetrazole rings is 1. The fraction of sp³-hybridized carbons (Fsp3) is 0.938. The summed E-state index contributed by atoms with van der Waals surface area (Å²) in [6.45, 7) is 7.02. The molecule has 0 amide bonds. The van der Waals surface area contributed by atoms with Gasteiger partial charge in [0.1, 0.15) is 0 Å². The van der Waals surface area contributed by atoms with Crippen LogP contribution in [0, 0.1) is 0 Å². The topological polar surface area (TPSA) is 58.9 Å². The van der Waals surface area contributed by atoms with E-state index in [9.17, 15) is 0 Å². The van der Waals surface area contributed by atoms with Crippen molar-refractivity contribution in [3.05, 3.63) is 5.82 Å². The van der Waals surface area contributed by atoms with Crippen molar-refractivity contribution in [2.75, 3.05) is 0 Å². The fourth-order valence-corrected chi connectivity index (χ4v) is 4.18. The van der Waals surface area contributed by atoms with Crippen LogP contribution in [0.1, 0.15) is 65.1 Å². The molecule has 1 aromatic heterocycles.